The van der Waals surface area contributed by atoms with Gasteiger partial charge in [-0.25, -0.2) is 14.4 Å². The monoisotopic (exact) mass is 432 g/mol. The first-order valence-electron chi connectivity index (χ1n) is 10.6. The zero-order valence-corrected chi connectivity index (χ0v) is 18.2. The summed E-state index contributed by atoms with van der Waals surface area (Å²) in [6.45, 7) is 7.92. The summed E-state index contributed by atoms with van der Waals surface area (Å²) < 4.78 is 16.1. The highest BCUT2D eigenvalue weighted by molar-refractivity contribution is 6.10. The maximum atomic E-state index is 14.5. The molecular weight excluding hydrogens is 407 g/mol. The molecule has 1 fully saturated rings. The molecule has 4 heterocycles. The topological polar surface area (TPSA) is 96.7 Å². The van der Waals surface area contributed by atoms with Gasteiger partial charge < -0.3 is 20.4 Å². The van der Waals surface area contributed by atoms with Gasteiger partial charge in [0.05, 0.1) is 17.1 Å². The highest BCUT2D eigenvalue weighted by Gasteiger charge is 2.24. The largest absolute Gasteiger partial charge is 0.383 e. The van der Waals surface area contributed by atoms with Crippen molar-refractivity contribution in [2.24, 2.45) is 10.7 Å². The number of anilines is 1. The number of halogens is 1. The quantitative estimate of drug-likeness (QED) is 0.382. The van der Waals surface area contributed by atoms with Crippen molar-refractivity contribution in [1.29, 1.82) is 0 Å². The summed E-state index contributed by atoms with van der Waals surface area (Å²) in [7, 11) is 0. The number of hydrogen-bond acceptors (Lipinski definition) is 6. The highest BCUT2D eigenvalue weighted by Crippen LogP contribution is 2.29. The SMILES string of the molecule is Cc1cn2cc(N=C(N)c3ccc(N4C[C@@H](C)N[C@H](C)C4)c4nccnc34)cc(F)c2n1. The van der Waals surface area contributed by atoms with Gasteiger partial charge in [-0.05, 0) is 32.9 Å². The smallest absolute Gasteiger partial charge is 0.173 e. The number of hydrogen-bond donors (Lipinski definition) is 2. The molecule has 1 saturated heterocycles. The predicted octanol–water partition coefficient (Wildman–Crippen LogP) is 2.95. The summed E-state index contributed by atoms with van der Waals surface area (Å²) >= 11 is 0. The third-order valence-corrected chi connectivity index (χ3v) is 5.64. The molecule has 5 rings (SSSR count). The molecular formula is C23H25FN8. The summed E-state index contributed by atoms with van der Waals surface area (Å²) in [5.41, 5.74) is 10.9. The summed E-state index contributed by atoms with van der Waals surface area (Å²) in [6, 6.07) is 6.00. The van der Waals surface area contributed by atoms with Crippen LogP contribution in [-0.4, -0.2) is 50.4 Å². The van der Waals surface area contributed by atoms with Gasteiger partial charge in [-0.3, -0.25) is 9.97 Å². The van der Waals surface area contributed by atoms with Crippen molar-refractivity contribution in [2.75, 3.05) is 18.0 Å². The van der Waals surface area contributed by atoms with Crippen LogP contribution < -0.4 is 16.0 Å². The number of piperazine rings is 1. The molecule has 9 heteroatoms. The Morgan fingerprint density at radius 1 is 1.12 bits per heavy atom. The standard InChI is InChI=1S/C23H25FN8/c1-13-9-31(10-14(2)28-13)19-5-4-17(20-21(19)27-7-6-26-20)22(25)30-16-8-18(24)23-29-15(3)11-32(23)12-16/h4-8,11-14,28H,9-10H2,1-3H3,(H2,25,30)/t13-,14-/m1/s1. The van der Waals surface area contributed by atoms with Crippen molar-refractivity contribution in [3.05, 3.63) is 60.1 Å². The predicted molar refractivity (Wildman–Crippen MR) is 124 cm³/mol. The van der Waals surface area contributed by atoms with E-state index in [2.05, 4.69) is 44.0 Å². The van der Waals surface area contributed by atoms with Crippen LogP contribution in [0.1, 0.15) is 25.1 Å². The average Bonchev–Trinajstić information content (AvgIpc) is 3.13. The number of amidine groups is 1. The molecule has 0 spiro atoms. The molecule has 3 N–H and O–H groups in total. The van der Waals surface area contributed by atoms with Gasteiger partial charge in [0.1, 0.15) is 16.9 Å². The van der Waals surface area contributed by atoms with E-state index in [4.69, 9.17) is 5.73 Å². The lowest BCUT2D eigenvalue weighted by atomic mass is 10.1. The third-order valence-electron chi connectivity index (χ3n) is 5.64. The number of aryl methyl sites for hydroxylation is 1. The maximum absolute atomic E-state index is 14.5. The second kappa shape index (κ2) is 7.83. The van der Waals surface area contributed by atoms with Gasteiger partial charge in [0.25, 0.3) is 0 Å². The summed E-state index contributed by atoms with van der Waals surface area (Å²) in [6.07, 6.45) is 6.78. The summed E-state index contributed by atoms with van der Waals surface area (Å²) in [4.78, 5) is 20.1. The molecule has 2 atom stereocenters. The number of aromatic nitrogens is 4. The van der Waals surface area contributed by atoms with Gasteiger partial charge in [-0.1, -0.05) is 0 Å². The van der Waals surface area contributed by atoms with E-state index in [1.54, 1.807) is 29.2 Å². The Kier molecular flexibility index (Phi) is 4.97. The van der Waals surface area contributed by atoms with Gasteiger partial charge in [0, 0.05) is 61.6 Å². The molecule has 1 aliphatic rings. The van der Waals surface area contributed by atoms with Crippen LogP contribution in [0.4, 0.5) is 15.8 Å². The van der Waals surface area contributed by atoms with Crippen LogP contribution in [-0.2, 0) is 0 Å². The lowest BCUT2D eigenvalue weighted by molar-refractivity contribution is 0.407. The number of benzene rings is 1. The summed E-state index contributed by atoms with van der Waals surface area (Å²) in [5.74, 6) is -0.200. The minimum absolute atomic E-state index is 0.250. The molecule has 8 nitrogen and oxygen atoms in total. The first kappa shape index (κ1) is 20.3. The zero-order valence-electron chi connectivity index (χ0n) is 18.2. The zero-order chi connectivity index (χ0) is 22.4. The number of rotatable bonds is 3. The van der Waals surface area contributed by atoms with Crippen LogP contribution >= 0.6 is 0 Å². The third kappa shape index (κ3) is 3.64. The van der Waals surface area contributed by atoms with Crippen molar-refractivity contribution in [2.45, 2.75) is 32.9 Å². The Bertz CT molecular complexity index is 1330. The van der Waals surface area contributed by atoms with E-state index in [0.29, 0.717) is 28.9 Å². The average molecular weight is 433 g/mol. The molecule has 0 saturated carbocycles. The number of nitrogens with one attached hydrogen (secondary N) is 1. The Labute approximate surface area is 185 Å². The van der Waals surface area contributed by atoms with Gasteiger partial charge in [0.15, 0.2) is 11.5 Å². The first-order valence-corrected chi connectivity index (χ1v) is 10.6. The van der Waals surface area contributed by atoms with E-state index >= 15 is 0 Å². The second-order valence-corrected chi connectivity index (χ2v) is 8.42. The van der Waals surface area contributed by atoms with E-state index in [9.17, 15) is 4.39 Å². The maximum Gasteiger partial charge on any atom is 0.173 e. The first-order chi connectivity index (χ1) is 15.4. The van der Waals surface area contributed by atoms with Crippen molar-refractivity contribution in [3.63, 3.8) is 0 Å². The normalized spacial score (nSPS) is 19.8. The van der Waals surface area contributed by atoms with Crippen molar-refractivity contribution >= 4 is 33.9 Å². The highest BCUT2D eigenvalue weighted by atomic mass is 19.1. The molecule has 1 aromatic carbocycles. The van der Waals surface area contributed by atoms with Crippen LogP contribution in [0.25, 0.3) is 16.7 Å². The number of aliphatic imine (C=N–C) groups is 1. The van der Waals surface area contributed by atoms with E-state index < -0.39 is 5.82 Å². The van der Waals surface area contributed by atoms with Gasteiger partial charge >= 0.3 is 0 Å². The van der Waals surface area contributed by atoms with Crippen LogP contribution in [0, 0.1) is 12.7 Å². The van der Waals surface area contributed by atoms with Crippen molar-refractivity contribution < 1.29 is 4.39 Å². The molecule has 0 amide bonds. The molecule has 4 aromatic rings. The van der Waals surface area contributed by atoms with Crippen LogP contribution in [0.15, 0.2) is 48.0 Å². The number of fused-ring (bicyclic) bond motifs is 2. The molecule has 0 bridgehead atoms. The fraction of sp³-hybridized carbons (Fsp3) is 0.304. The minimum atomic E-state index is -0.450. The van der Waals surface area contributed by atoms with Crippen LogP contribution in [0.3, 0.4) is 0 Å². The summed E-state index contributed by atoms with van der Waals surface area (Å²) in [5, 5.41) is 3.55. The lowest BCUT2D eigenvalue weighted by Crippen LogP contribution is -2.54. The molecule has 164 valence electrons. The molecule has 3 aromatic heterocycles. The Balaban J connectivity index is 1.57. The van der Waals surface area contributed by atoms with E-state index in [0.717, 1.165) is 30.0 Å². The molecule has 0 aliphatic carbocycles. The Morgan fingerprint density at radius 3 is 2.59 bits per heavy atom. The number of nitrogens with zero attached hydrogens (tertiary/aromatic N) is 6. The van der Waals surface area contributed by atoms with E-state index in [1.807, 2.05) is 19.1 Å². The van der Waals surface area contributed by atoms with Crippen molar-refractivity contribution in [1.82, 2.24) is 24.7 Å². The fourth-order valence-electron chi connectivity index (χ4n) is 4.45. The van der Waals surface area contributed by atoms with E-state index in [-0.39, 0.29) is 11.5 Å². The van der Waals surface area contributed by atoms with Gasteiger partial charge in [0.2, 0.25) is 0 Å². The number of imidazole rings is 1. The second-order valence-electron chi connectivity index (χ2n) is 8.42. The minimum Gasteiger partial charge on any atom is -0.383 e. The number of nitrogens with two attached hydrogens (primary N) is 1. The lowest BCUT2D eigenvalue weighted by Gasteiger charge is -2.38. The molecule has 1 aliphatic heterocycles. The van der Waals surface area contributed by atoms with Crippen molar-refractivity contribution in [3.8, 4) is 0 Å². The van der Waals surface area contributed by atoms with Crippen LogP contribution in [0.5, 0.6) is 0 Å². The van der Waals surface area contributed by atoms with Gasteiger partial charge in [-0.15, -0.1) is 0 Å². The number of pyridine rings is 1. The van der Waals surface area contributed by atoms with Crippen LogP contribution in [0.2, 0.25) is 0 Å². The Morgan fingerprint density at radius 2 is 1.84 bits per heavy atom. The fourth-order valence-corrected chi connectivity index (χ4v) is 4.45. The van der Waals surface area contributed by atoms with Gasteiger partial charge in [-0.2, -0.15) is 0 Å². The Hall–Kier alpha value is -3.59. The molecule has 0 radical (unpaired) electrons. The van der Waals surface area contributed by atoms with E-state index in [1.165, 1.54) is 6.07 Å². The molecule has 0 unspecified atom stereocenters. The molecule has 32 heavy (non-hydrogen) atoms.